The first-order valence-electron chi connectivity index (χ1n) is 9.06. The fourth-order valence-electron chi connectivity index (χ4n) is 4.04. The number of carbonyl (C=O) groups is 1. The van der Waals surface area contributed by atoms with Crippen LogP contribution < -0.4 is 15.8 Å². The van der Waals surface area contributed by atoms with E-state index >= 15 is 0 Å². The zero-order chi connectivity index (χ0) is 18.4. The van der Waals surface area contributed by atoms with E-state index in [1.54, 1.807) is 11.3 Å². The number of piperidine rings is 1. The van der Waals surface area contributed by atoms with Crippen molar-refractivity contribution in [3.8, 4) is 10.9 Å². The number of carbonyl (C=O) groups excluding carboxylic acids is 1. The second-order valence-corrected chi connectivity index (χ2v) is 8.24. The van der Waals surface area contributed by atoms with Crippen LogP contribution >= 0.6 is 11.3 Å². The van der Waals surface area contributed by atoms with Crippen molar-refractivity contribution in [2.24, 2.45) is 17.6 Å². The van der Waals surface area contributed by atoms with Crippen molar-refractivity contribution in [2.75, 3.05) is 13.1 Å². The van der Waals surface area contributed by atoms with Crippen molar-refractivity contribution in [1.82, 2.24) is 15.2 Å². The van der Waals surface area contributed by atoms with Gasteiger partial charge >= 0.3 is 6.03 Å². The van der Waals surface area contributed by atoms with Crippen LogP contribution in [0, 0.1) is 11.8 Å². The van der Waals surface area contributed by atoms with Crippen molar-refractivity contribution < 1.29 is 9.53 Å². The molecule has 2 aromatic carbocycles. The molecule has 0 radical (unpaired) electrons. The number of nitrogens with zero attached hydrogens (tertiary/aromatic N) is 2. The van der Waals surface area contributed by atoms with Crippen LogP contribution in [0.25, 0.3) is 10.2 Å². The predicted octanol–water partition coefficient (Wildman–Crippen LogP) is 3.19. The molecule has 3 N–H and O–H groups in total. The summed E-state index contributed by atoms with van der Waals surface area (Å²) >= 11 is 1.55. The molecule has 2 heterocycles. The quantitative estimate of drug-likeness (QED) is 0.712. The molecule has 7 heteroatoms. The highest BCUT2D eigenvalue weighted by Crippen LogP contribution is 2.45. The highest BCUT2D eigenvalue weighted by molar-refractivity contribution is 7.20. The third-order valence-electron chi connectivity index (χ3n) is 5.39. The molecule has 2 amide bonds. The van der Waals surface area contributed by atoms with Gasteiger partial charge in [-0.25, -0.2) is 9.78 Å². The first kappa shape index (κ1) is 16.5. The minimum Gasteiger partial charge on any atom is -0.431 e. The normalized spacial score (nSPS) is 23.9. The lowest BCUT2D eigenvalue weighted by molar-refractivity contribution is 0.242. The molecule has 138 valence electrons. The van der Waals surface area contributed by atoms with Crippen LogP contribution in [0.5, 0.6) is 10.9 Å². The van der Waals surface area contributed by atoms with Gasteiger partial charge in [0.25, 0.3) is 5.19 Å². The monoisotopic (exact) mass is 380 g/mol. The third kappa shape index (κ3) is 3.36. The molecule has 2 fully saturated rings. The van der Waals surface area contributed by atoms with Crippen molar-refractivity contribution >= 4 is 27.6 Å². The van der Waals surface area contributed by atoms with Crippen molar-refractivity contribution in [3.05, 3.63) is 54.1 Å². The van der Waals surface area contributed by atoms with Crippen LogP contribution in [0.3, 0.4) is 0 Å². The first-order valence-corrected chi connectivity index (χ1v) is 9.88. The van der Waals surface area contributed by atoms with Gasteiger partial charge in [0.05, 0.1) is 10.2 Å². The molecule has 1 aromatic heterocycles. The molecule has 1 saturated heterocycles. The molecule has 0 bridgehead atoms. The topological polar surface area (TPSA) is 80.5 Å². The third-order valence-corrected chi connectivity index (χ3v) is 6.30. The lowest BCUT2D eigenvalue weighted by atomic mass is 10.2. The van der Waals surface area contributed by atoms with Gasteiger partial charge in [-0.1, -0.05) is 35.6 Å². The van der Waals surface area contributed by atoms with E-state index in [4.69, 9.17) is 10.5 Å². The Morgan fingerprint density at radius 1 is 1.19 bits per heavy atom. The Bertz CT molecular complexity index is 942. The minimum absolute atomic E-state index is 0.281. The van der Waals surface area contributed by atoms with E-state index in [-0.39, 0.29) is 6.04 Å². The van der Waals surface area contributed by atoms with E-state index in [0.29, 0.717) is 17.0 Å². The lowest BCUT2D eigenvalue weighted by Crippen LogP contribution is -2.37. The zero-order valence-corrected chi connectivity index (χ0v) is 15.5. The number of hydrogen-bond acceptors (Lipinski definition) is 5. The number of primary amides is 1. The molecule has 0 spiro atoms. The van der Waals surface area contributed by atoms with Crippen LogP contribution in [-0.4, -0.2) is 35.0 Å². The standard InChI is InChI=1S/C20H20N4O2S/c21-19(25)23-18-14-10-24(11-15(14)18)9-12-5-7-13(8-6-12)26-20-22-16-3-1-2-4-17(16)27-20/h1-8,14-15,18H,9-11H2,(H3,21,23,25)/t14-,15+,18?. The second-order valence-electron chi connectivity index (χ2n) is 7.25. The smallest absolute Gasteiger partial charge is 0.312 e. The predicted molar refractivity (Wildman–Crippen MR) is 105 cm³/mol. The second kappa shape index (κ2) is 6.51. The Morgan fingerprint density at radius 3 is 2.63 bits per heavy atom. The van der Waals surface area contributed by atoms with Gasteiger partial charge in [0.15, 0.2) is 0 Å². The molecule has 1 aliphatic carbocycles. The summed E-state index contributed by atoms with van der Waals surface area (Å²) in [6, 6.07) is 16.1. The number of hydrogen-bond donors (Lipinski definition) is 2. The van der Waals surface area contributed by atoms with Gasteiger partial charge in [-0.2, -0.15) is 0 Å². The first-order chi connectivity index (χ1) is 13.2. The highest BCUT2D eigenvalue weighted by atomic mass is 32.1. The van der Waals surface area contributed by atoms with Crippen LogP contribution in [0.4, 0.5) is 4.79 Å². The summed E-state index contributed by atoms with van der Waals surface area (Å²) in [5.74, 6) is 1.91. The highest BCUT2D eigenvalue weighted by Gasteiger charge is 2.56. The zero-order valence-electron chi connectivity index (χ0n) is 14.7. The van der Waals surface area contributed by atoms with Crippen LogP contribution in [0.2, 0.25) is 0 Å². The number of benzene rings is 2. The van der Waals surface area contributed by atoms with Gasteiger partial charge in [0.1, 0.15) is 5.75 Å². The molecule has 27 heavy (non-hydrogen) atoms. The number of para-hydroxylation sites is 1. The van der Waals surface area contributed by atoms with Gasteiger partial charge in [0, 0.05) is 25.7 Å². The average molecular weight is 380 g/mol. The molecular weight excluding hydrogens is 360 g/mol. The Morgan fingerprint density at radius 2 is 1.93 bits per heavy atom. The Balaban J connectivity index is 1.17. The molecule has 2 aliphatic rings. The number of rotatable bonds is 5. The molecule has 1 aliphatic heterocycles. The van der Waals surface area contributed by atoms with Gasteiger partial charge in [0.2, 0.25) is 0 Å². The number of amides is 2. The summed E-state index contributed by atoms with van der Waals surface area (Å²) in [4.78, 5) is 17.9. The average Bonchev–Trinajstić information content (AvgIpc) is 3.01. The number of fused-ring (bicyclic) bond motifs is 2. The maximum Gasteiger partial charge on any atom is 0.312 e. The van der Waals surface area contributed by atoms with E-state index in [9.17, 15) is 4.79 Å². The van der Waals surface area contributed by atoms with Gasteiger partial charge in [-0.3, -0.25) is 4.90 Å². The molecule has 1 unspecified atom stereocenters. The van der Waals surface area contributed by atoms with Gasteiger partial charge in [-0.05, 0) is 41.7 Å². The largest absolute Gasteiger partial charge is 0.431 e. The summed E-state index contributed by atoms with van der Waals surface area (Å²) in [7, 11) is 0. The molecule has 3 aromatic rings. The lowest BCUT2D eigenvalue weighted by Gasteiger charge is -2.19. The van der Waals surface area contributed by atoms with E-state index < -0.39 is 6.03 Å². The summed E-state index contributed by atoms with van der Waals surface area (Å²) in [6.07, 6.45) is 0. The number of urea groups is 1. The minimum atomic E-state index is -0.412. The summed E-state index contributed by atoms with van der Waals surface area (Å²) < 4.78 is 7.03. The van der Waals surface area contributed by atoms with E-state index in [0.717, 1.165) is 35.6 Å². The Hall–Kier alpha value is -2.64. The van der Waals surface area contributed by atoms with Crippen molar-refractivity contribution in [3.63, 3.8) is 0 Å². The van der Waals surface area contributed by atoms with Gasteiger partial charge in [-0.15, -0.1) is 0 Å². The molecule has 1 saturated carbocycles. The van der Waals surface area contributed by atoms with Crippen molar-refractivity contribution in [1.29, 1.82) is 0 Å². The number of aromatic nitrogens is 1. The summed E-state index contributed by atoms with van der Waals surface area (Å²) in [6.45, 7) is 2.94. The molecule has 6 nitrogen and oxygen atoms in total. The van der Waals surface area contributed by atoms with Crippen LogP contribution in [-0.2, 0) is 6.54 Å². The number of nitrogens with two attached hydrogens (primary N) is 1. The van der Waals surface area contributed by atoms with Crippen LogP contribution in [0.15, 0.2) is 48.5 Å². The Kier molecular flexibility index (Phi) is 3.98. The van der Waals surface area contributed by atoms with Gasteiger partial charge < -0.3 is 15.8 Å². The molecule has 3 atom stereocenters. The van der Waals surface area contributed by atoms with Crippen molar-refractivity contribution in [2.45, 2.75) is 12.6 Å². The number of nitrogens with one attached hydrogen (secondary N) is 1. The maximum atomic E-state index is 10.9. The number of thiazole rings is 1. The SMILES string of the molecule is NC(=O)NC1[C@H]2CN(Cc3ccc(Oc4nc5ccccc5s4)cc3)C[C@@H]12. The van der Waals surface area contributed by atoms with Crippen LogP contribution in [0.1, 0.15) is 5.56 Å². The summed E-state index contributed by atoms with van der Waals surface area (Å²) in [5.41, 5.74) is 7.43. The fraction of sp³-hybridized carbons (Fsp3) is 0.300. The van der Waals surface area contributed by atoms with E-state index in [1.165, 1.54) is 5.56 Å². The summed E-state index contributed by atoms with van der Waals surface area (Å²) in [5, 5.41) is 3.50. The number of likely N-dealkylation sites (tertiary alicyclic amines) is 1. The Labute approximate surface area is 160 Å². The number of ether oxygens (including phenoxy) is 1. The molecule has 5 rings (SSSR count). The van der Waals surface area contributed by atoms with E-state index in [2.05, 4.69) is 27.3 Å². The fourth-order valence-corrected chi connectivity index (χ4v) is 4.87. The maximum absolute atomic E-state index is 10.9. The molecular formula is C20H20N4O2S. The van der Waals surface area contributed by atoms with E-state index in [1.807, 2.05) is 36.4 Å².